The first-order valence-corrected chi connectivity index (χ1v) is 4.05. The largest absolute Gasteiger partial charge is 0.303 e. The number of aryl methyl sites for hydroxylation is 1. The highest BCUT2D eigenvalue weighted by Gasteiger charge is 2.02. The fourth-order valence-electron chi connectivity index (χ4n) is 0.808. The van der Waals surface area contributed by atoms with Gasteiger partial charge in [-0.1, -0.05) is 0 Å². The minimum Gasteiger partial charge on any atom is -0.303 e. The van der Waals surface area contributed by atoms with Crippen LogP contribution in [0.2, 0.25) is 0 Å². The number of rotatable bonds is 1. The summed E-state index contributed by atoms with van der Waals surface area (Å²) in [7, 11) is 0. The van der Waals surface area contributed by atoms with E-state index < -0.39 is 37.1 Å². The highest BCUT2D eigenvalue weighted by Crippen LogP contribution is 2.14. The van der Waals surface area contributed by atoms with E-state index in [1.165, 1.54) is 0 Å². The van der Waals surface area contributed by atoms with E-state index in [-0.39, 0.29) is 16.5 Å². The van der Waals surface area contributed by atoms with Crippen LogP contribution >= 0.6 is 15.9 Å². The summed E-state index contributed by atoms with van der Waals surface area (Å²) in [6.07, 6.45) is -1.54. The molecule has 0 aromatic carbocycles. The van der Waals surface area contributed by atoms with E-state index in [1.807, 2.05) is 0 Å². The number of aromatic nitrogens is 3. The van der Waals surface area contributed by atoms with E-state index in [4.69, 9.17) is 11.0 Å². The number of imidazole rings is 1. The van der Waals surface area contributed by atoms with Gasteiger partial charge in [-0.3, -0.25) is 4.98 Å². The molecule has 0 aliphatic rings. The van der Waals surface area contributed by atoms with Crippen LogP contribution in [-0.2, 0) is 0 Å². The summed E-state index contributed by atoms with van der Waals surface area (Å²) in [5.74, 6) is -0.522. The van der Waals surface area contributed by atoms with E-state index in [0.717, 1.165) is 4.57 Å². The zero-order valence-electron chi connectivity index (χ0n) is 14.2. The summed E-state index contributed by atoms with van der Waals surface area (Å²) in [6.45, 7) is -2.69. The van der Waals surface area contributed by atoms with Crippen LogP contribution in [0.25, 0.3) is 5.69 Å². The smallest absolute Gasteiger partial charge is 0.124 e. The van der Waals surface area contributed by atoms with Crippen molar-refractivity contribution in [1.29, 1.82) is 0 Å². The summed E-state index contributed by atoms with van der Waals surface area (Å²) in [5.41, 5.74) is -0.366. The Morgan fingerprint density at radius 1 is 1.54 bits per heavy atom. The van der Waals surface area contributed by atoms with Gasteiger partial charge in [0.2, 0.25) is 0 Å². The Morgan fingerprint density at radius 3 is 3.00 bits per heavy atom. The molecule has 2 heterocycles. The Bertz CT molecular complexity index is 697. The van der Waals surface area contributed by atoms with Gasteiger partial charge >= 0.3 is 0 Å². The molecule has 0 aliphatic carbocycles. The second-order valence-corrected chi connectivity index (χ2v) is 2.86. The molecule has 2 rings (SSSR count). The number of hydrogen-bond acceptors (Lipinski definition) is 2. The second kappa shape index (κ2) is 3.30. The van der Waals surface area contributed by atoms with Crippen LogP contribution in [0, 0.1) is 6.85 Å². The average Bonchev–Trinajstić information content (AvgIpc) is 2.65. The highest BCUT2D eigenvalue weighted by molar-refractivity contribution is 9.10. The standard InChI is InChI=1S/C9H8BrN3/c1-7-12-9(10)6-13(7)8-2-4-11-5-3-8/h2-6H,1H3/i1D3,2D,3D,4D,5D,6D. The quantitative estimate of drug-likeness (QED) is 0.773. The molecule has 0 saturated carbocycles. The third kappa shape index (κ3) is 1.62. The third-order valence-corrected chi connectivity index (χ3v) is 1.66. The normalized spacial score (nSPS) is 20.1. The Balaban J connectivity index is 2.92. The van der Waals surface area contributed by atoms with Crippen LogP contribution in [0.5, 0.6) is 0 Å². The molecular formula is C9H8BrN3. The molecule has 66 valence electrons. The molecule has 0 atom stereocenters. The molecule has 0 spiro atoms. The van der Waals surface area contributed by atoms with Crippen molar-refractivity contribution in [2.24, 2.45) is 0 Å². The molecule has 0 saturated heterocycles. The summed E-state index contributed by atoms with van der Waals surface area (Å²) in [6, 6.07) is -1.08. The fourth-order valence-corrected chi connectivity index (χ4v) is 1.15. The van der Waals surface area contributed by atoms with Gasteiger partial charge in [-0.05, 0) is 34.9 Å². The van der Waals surface area contributed by atoms with Crippen LogP contribution in [0.3, 0.4) is 0 Å². The van der Waals surface area contributed by atoms with E-state index in [1.54, 1.807) is 0 Å². The topological polar surface area (TPSA) is 30.7 Å². The molecule has 2 aromatic heterocycles. The lowest BCUT2D eigenvalue weighted by atomic mass is 10.4. The van der Waals surface area contributed by atoms with Gasteiger partial charge in [-0.2, -0.15) is 0 Å². The average molecular weight is 246 g/mol. The summed E-state index contributed by atoms with van der Waals surface area (Å²) in [5, 5.41) is 0. The predicted molar refractivity (Wildman–Crippen MR) is 53.8 cm³/mol. The van der Waals surface area contributed by atoms with Gasteiger partial charge in [-0.25, -0.2) is 4.98 Å². The third-order valence-electron chi connectivity index (χ3n) is 1.30. The molecule has 2 aromatic rings. The first-order valence-electron chi connectivity index (χ1n) is 7.25. The van der Waals surface area contributed by atoms with Crippen molar-refractivity contribution >= 4 is 15.9 Å². The molecule has 13 heavy (non-hydrogen) atoms. The maximum absolute atomic E-state index is 7.86. The number of nitrogens with zero attached hydrogens (tertiary/aromatic N) is 3. The van der Waals surface area contributed by atoms with E-state index in [9.17, 15) is 0 Å². The fraction of sp³-hybridized carbons (Fsp3) is 0.111. The minimum atomic E-state index is -2.69. The van der Waals surface area contributed by atoms with E-state index >= 15 is 0 Å². The Kier molecular flexibility index (Phi) is 0.813. The lowest BCUT2D eigenvalue weighted by Gasteiger charge is -2.02. The van der Waals surface area contributed by atoms with Gasteiger partial charge in [0, 0.05) is 28.3 Å². The van der Waals surface area contributed by atoms with Gasteiger partial charge in [0.1, 0.15) is 10.4 Å². The van der Waals surface area contributed by atoms with Crippen LogP contribution < -0.4 is 0 Å². The summed E-state index contributed by atoms with van der Waals surface area (Å²) >= 11 is 2.94. The van der Waals surface area contributed by atoms with Crippen molar-refractivity contribution in [3.8, 4) is 5.69 Å². The van der Waals surface area contributed by atoms with Crippen molar-refractivity contribution in [2.45, 2.75) is 6.85 Å². The van der Waals surface area contributed by atoms with Gasteiger partial charge in [0.15, 0.2) is 0 Å². The zero-order valence-corrected chi connectivity index (χ0v) is 7.81. The summed E-state index contributed by atoms with van der Waals surface area (Å²) < 4.78 is 61.5. The highest BCUT2D eigenvalue weighted by atomic mass is 79.9. The Hall–Kier alpha value is -1.16. The van der Waals surface area contributed by atoms with Crippen molar-refractivity contribution < 1.29 is 11.0 Å². The summed E-state index contributed by atoms with van der Waals surface area (Å²) in [4.78, 5) is 7.12. The lowest BCUT2D eigenvalue weighted by Crippen LogP contribution is -1.94. The number of halogens is 1. The monoisotopic (exact) mass is 245 g/mol. The molecule has 0 bridgehead atoms. The molecular weight excluding hydrogens is 230 g/mol. The second-order valence-electron chi connectivity index (χ2n) is 2.11. The predicted octanol–water partition coefficient (Wildman–Crippen LogP) is 2.34. The van der Waals surface area contributed by atoms with Crippen LogP contribution in [0.4, 0.5) is 0 Å². The van der Waals surface area contributed by atoms with Gasteiger partial charge in [0.05, 0.1) is 6.85 Å². The number of hydrogen-bond donors (Lipinski definition) is 0. The first-order chi connectivity index (χ1) is 9.55. The van der Waals surface area contributed by atoms with E-state index in [0.29, 0.717) is 0 Å². The van der Waals surface area contributed by atoms with Crippen molar-refractivity contribution in [1.82, 2.24) is 14.5 Å². The molecule has 0 aliphatic heterocycles. The van der Waals surface area contributed by atoms with E-state index in [2.05, 4.69) is 25.9 Å². The molecule has 0 radical (unpaired) electrons. The molecule has 0 unspecified atom stereocenters. The molecule has 0 amide bonds. The van der Waals surface area contributed by atoms with Gasteiger partial charge in [0.25, 0.3) is 0 Å². The first kappa shape index (κ1) is 3.20. The maximum atomic E-state index is 7.86. The Morgan fingerprint density at radius 2 is 2.31 bits per heavy atom. The van der Waals surface area contributed by atoms with Crippen molar-refractivity contribution in [3.05, 3.63) is 41.0 Å². The molecule has 0 N–H and O–H groups in total. The van der Waals surface area contributed by atoms with Gasteiger partial charge in [-0.15, -0.1) is 0 Å². The number of pyridine rings is 1. The minimum absolute atomic E-state index is 0.0673. The van der Waals surface area contributed by atoms with Crippen molar-refractivity contribution in [2.75, 3.05) is 0 Å². The molecule has 4 heteroatoms. The zero-order chi connectivity index (χ0) is 16.1. The van der Waals surface area contributed by atoms with Crippen LogP contribution in [-0.4, -0.2) is 14.5 Å². The van der Waals surface area contributed by atoms with Crippen molar-refractivity contribution in [3.63, 3.8) is 0 Å². The SMILES string of the molecule is [2H]c1nc([2H])c([2H])c(-n2c(C([2H])([2H])[2H])nc(Br)c2[2H])c1[2H]. The lowest BCUT2D eigenvalue weighted by molar-refractivity contribution is 0.970. The van der Waals surface area contributed by atoms with Gasteiger partial charge < -0.3 is 4.57 Å². The molecule has 3 nitrogen and oxygen atoms in total. The van der Waals surface area contributed by atoms with Crippen LogP contribution in [0.1, 0.15) is 16.8 Å². The maximum Gasteiger partial charge on any atom is 0.124 e. The molecule has 0 fully saturated rings. The Labute approximate surface area is 95.8 Å². The van der Waals surface area contributed by atoms with Crippen LogP contribution in [0.15, 0.2) is 35.2 Å².